The normalized spacial score (nSPS) is 11.5. The van der Waals surface area contributed by atoms with Crippen molar-refractivity contribution in [3.8, 4) is 11.1 Å². The minimum absolute atomic E-state index is 0.0383. The Morgan fingerprint density at radius 2 is 1.77 bits per heavy atom. The van der Waals surface area contributed by atoms with Crippen molar-refractivity contribution in [1.82, 2.24) is 9.97 Å². The summed E-state index contributed by atoms with van der Waals surface area (Å²) in [5, 5.41) is 6.10. The SMILES string of the molecule is CC/C=C(\C=N/C)Nc1ncc(-c2ccc(CC(=O)Nc3cccc(C)c3)cc2)cn1. The monoisotopic (exact) mass is 413 g/mol. The van der Waals surface area contributed by atoms with E-state index in [0.29, 0.717) is 12.4 Å². The van der Waals surface area contributed by atoms with Crippen LogP contribution in [0.25, 0.3) is 11.1 Å². The van der Waals surface area contributed by atoms with E-state index in [1.54, 1.807) is 25.7 Å². The predicted molar refractivity (Wildman–Crippen MR) is 127 cm³/mol. The second-order valence-corrected chi connectivity index (χ2v) is 7.17. The summed E-state index contributed by atoms with van der Waals surface area (Å²) >= 11 is 0. The molecule has 0 aliphatic heterocycles. The molecule has 0 atom stereocenters. The number of carbonyl (C=O) groups is 1. The molecule has 1 amide bonds. The van der Waals surface area contributed by atoms with E-state index >= 15 is 0 Å². The summed E-state index contributed by atoms with van der Waals surface area (Å²) in [6.45, 7) is 4.06. The second kappa shape index (κ2) is 10.8. The van der Waals surface area contributed by atoms with Crippen LogP contribution in [0, 0.1) is 6.92 Å². The van der Waals surface area contributed by atoms with Gasteiger partial charge >= 0.3 is 0 Å². The third-order valence-electron chi connectivity index (χ3n) is 4.55. The number of benzene rings is 2. The van der Waals surface area contributed by atoms with Gasteiger partial charge in [-0.15, -0.1) is 0 Å². The van der Waals surface area contributed by atoms with Crippen LogP contribution in [0.5, 0.6) is 0 Å². The standard InChI is InChI=1S/C25H27N5O/c1-4-6-23(17-26-3)30-25-27-15-21(16-28-25)20-11-9-19(10-12-20)14-24(31)29-22-8-5-7-18(2)13-22/h5-13,15-17H,4,14H2,1-3H3,(H,29,31)(H,27,28,30)/b23-6+,26-17-. The predicted octanol–water partition coefficient (Wildman–Crippen LogP) is 5.04. The quantitative estimate of drug-likeness (QED) is 0.507. The lowest BCUT2D eigenvalue weighted by Crippen LogP contribution is -2.14. The van der Waals surface area contributed by atoms with Crippen LogP contribution in [0.1, 0.15) is 24.5 Å². The van der Waals surface area contributed by atoms with Crippen LogP contribution >= 0.6 is 0 Å². The number of hydrogen-bond acceptors (Lipinski definition) is 5. The lowest BCUT2D eigenvalue weighted by atomic mass is 10.0. The van der Waals surface area contributed by atoms with E-state index in [1.807, 2.05) is 61.5 Å². The first-order valence-corrected chi connectivity index (χ1v) is 10.2. The molecule has 2 aromatic carbocycles. The molecule has 0 unspecified atom stereocenters. The highest BCUT2D eigenvalue weighted by Gasteiger charge is 2.06. The molecule has 2 N–H and O–H groups in total. The molecule has 6 nitrogen and oxygen atoms in total. The zero-order chi connectivity index (χ0) is 22.1. The molecule has 0 aliphatic carbocycles. The summed E-state index contributed by atoms with van der Waals surface area (Å²) in [4.78, 5) is 25.1. The third-order valence-corrected chi connectivity index (χ3v) is 4.55. The van der Waals surface area contributed by atoms with Crippen molar-refractivity contribution in [2.24, 2.45) is 4.99 Å². The van der Waals surface area contributed by atoms with Gasteiger partial charge in [0.2, 0.25) is 11.9 Å². The minimum atomic E-state index is -0.0383. The number of rotatable bonds is 8. The average Bonchev–Trinajstić information content (AvgIpc) is 2.75. The minimum Gasteiger partial charge on any atom is -0.326 e. The van der Waals surface area contributed by atoms with Gasteiger partial charge in [0, 0.05) is 36.9 Å². The van der Waals surface area contributed by atoms with Gasteiger partial charge < -0.3 is 10.6 Å². The first kappa shape index (κ1) is 21.9. The molecule has 0 bridgehead atoms. The number of aromatic nitrogens is 2. The number of carbonyl (C=O) groups excluding carboxylic acids is 1. The number of allylic oxidation sites excluding steroid dienone is 2. The van der Waals surface area contributed by atoms with E-state index in [4.69, 9.17) is 0 Å². The van der Waals surface area contributed by atoms with E-state index in [9.17, 15) is 4.79 Å². The largest absolute Gasteiger partial charge is 0.326 e. The first-order chi connectivity index (χ1) is 15.1. The Labute approximate surface area is 183 Å². The van der Waals surface area contributed by atoms with Gasteiger partial charge in [-0.1, -0.05) is 49.4 Å². The number of nitrogens with zero attached hydrogens (tertiary/aromatic N) is 3. The number of hydrogen-bond donors (Lipinski definition) is 2. The molecule has 3 rings (SSSR count). The molecule has 3 aromatic rings. The highest BCUT2D eigenvalue weighted by Crippen LogP contribution is 2.20. The molecule has 0 radical (unpaired) electrons. The van der Waals surface area contributed by atoms with Crippen LogP contribution in [0.2, 0.25) is 0 Å². The van der Waals surface area contributed by atoms with Gasteiger partial charge in [0.05, 0.1) is 12.1 Å². The maximum absolute atomic E-state index is 12.3. The summed E-state index contributed by atoms with van der Waals surface area (Å²) in [7, 11) is 1.73. The summed E-state index contributed by atoms with van der Waals surface area (Å²) in [6.07, 6.45) is 8.54. The lowest BCUT2D eigenvalue weighted by molar-refractivity contribution is -0.115. The molecule has 1 aromatic heterocycles. The summed E-state index contributed by atoms with van der Waals surface area (Å²) < 4.78 is 0. The van der Waals surface area contributed by atoms with Gasteiger partial charge in [-0.2, -0.15) is 0 Å². The molecule has 158 valence electrons. The van der Waals surface area contributed by atoms with Gasteiger partial charge in [-0.25, -0.2) is 9.97 Å². The van der Waals surface area contributed by atoms with Crippen LogP contribution in [-0.2, 0) is 11.2 Å². The van der Waals surface area contributed by atoms with Crippen LogP contribution in [0.4, 0.5) is 11.6 Å². The van der Waals surface area contributed by atoms with Crippen molar-refractivity contribution < 1.29 is 4.79 Å². The van der Waals surface area contributed by atoms with Crippen LogP contribution < -0.4 is 10.6 Å². The highest BCUT2D eigenvalue weighted by molar-refractivity contribution is 5.92. The van der Waals surface area contributed by atoms with E-state index < -0.39 is 0 Å². The topological polar surface area (TPSA) is 79.3 Å². The highest BCUT2D eigenvalue weighted by atomic mass is 16.1. The van der Waals surface area contributed by atoms with Crippen LogP contribution in [0.15, 0.2) is 77.7 Å². The lowest BCUT2D eigenvalue weighted by Gasteiger charge is -2.08. The Bertz CT molecular complexity index is 1070. The molecule has 0 fully saturated rings. The number of aliphatic imine (C=N–C) groups is 1. The number of amides is 1. The smallest absolute Gasteiger partial charge is 0.228 e. The van der Waals surface area contributed by atoms with Crippen LogP contribution in [0.3, 0.4) is 0 Å². The van der Waals surface area contributed by atoms with Gasteiger partial charge in [0.15, 0.2) is 0 Å². The molecule has 6 heteroatoms. The Morgan fingerprint density at radius 1 is 1.03 bits per heavy atom. The maximum atomic E-state index is 12.3. The van der Waals surface area contributed by atoms with Crippen molar-refractivity contribution in [3.05, 3.63) is 83.8 Å². The Morgan fingerprint density at radius 3 is 2.42 bits per heavy atom. The van der Waals surface area contributed by atoms with E-state index in [2.05, 4.69) is 32.5 Å². The number of aryl methyl sites for hydroxylation is 1. The van der Waals surface area contributed by atoms with Gasteiger partial charge in [-0.05, 0) is 42.2 Å². The zero-order valence-corrected chi connectivity index (χ0v) is 18.1. The fourth-order valence-corrected chi connectivity index (χ4v) is 3.09. The Hall–Kier alpha value is -3.80. The van der Waals surface area contributed by atoms with Crippen molar-refractivity contribution in [1.29, 1.82) is 0 Å². The molecule has 0 aliphatic rings. The fraction of sp³-hybridized carbons (Fsp3) is 0.200. The summed E-state index contributed by atoms with van der Waals surface area (Å²) in [6, 6.07) is 15.6. The van der Waals surface area contributed by atoms with Gasteiger partial charge in [0.25, 0.3) is 0 Å². The third kappa shape index (κ3) is 6.60. The van der Waals surface area contributed by atoms with Crippen molar-refractivity contribution in [2.75, 3.05) is 17.7 Å². The molecule has 0 saturated carbocycles. The van der Waals surface area contributed by atoms with Crippen molar-refractivity contribution in [2.45, 2.75) is 26.7 Å². The summed E-state index contributed by atoms with van der Waals surface area (Å²) in [5.74, 6) is 0.483. The van der Waals surface area contributed by atoms with Crippen LogP contribution in [-0.4, -0.2) is 29.1 Å². The van der Waals surface area contributed by atoms with E-state index in [-0.39, 0.29) is 5.91 Å². The Balaban J connectivity index is 1.61. The van der Waals surface area contributed by atoms with E-state index in [0.717, 1.165) is 40.1 Å². The first-order valence-electron chi connectivity index (χ1n) is 10.2. The Kier molecular flexibility index (Phi) is 7.65. The fourth-order valence-electron chi connectivity index (χ4n) is 3.09. The second-order valence-electron chi connectivity index (χ2n) is 7.17. The zero-order valence-electron chi connectivity index (χ0n) is 18.1. The molecule has 31 heavy (non-hydrogen) atoms. The van der Waals surface area contributed by atoms with Crippen molar-refractivity contribution in [3.63, 3.8) is 0 Å². The summed E-state index contributed by atoms with van der Waals surface area (Å²) in [5.41, 5.74) is 5.64. The molecular formula is C25H27N5O. The van der Waals surface area contributed by atoms with Gasteiger partial charge in [-0.3, -0.25) is 9.79 Å². The molecule has 1 heterocycles. The molecular weight excluding hydrogens is 386 g/mol. The van der Waals surface area contributed by atoms with E-state index in [1.165, 1.54) is 0 Å². The number of nitrogens with one attached hydrogen (secondary N) is 2. The molecule has 0 saturated heterocycles. The number of anilines is 2. The maximum Gasteiger partial charge on any atom is 0.228 e. The van der Waals surface area contributed by atoms with Crippen molar-refractivity contribution >= 4 is 23.8 Å². The average molecular weight is 414 g/mol. The van der Waals surface area contributed by atoms with Gasteiger partial charge in [0.1, 0.15) is 0 Å². The molecule has 0 spiro atoms.